The molecule has 1 aromatic rings. The van der Waals surface area contributed by atoms with Crippen LogP contribution in [-0.4, -0.2) is 25.0 Å². The summed E-state index contributed by atoms with van der Waals surface area (Å²) in [5.74, 6) is -1.37. The summed E-state index contributed by atoms with van der Waals surface area (Å²) in [6, 6.07) is 4.54. The van der Waals surface area contributed by atoms with Gasteiger partial charge in [0, 0.05) is 19.9 Å². The monoisotopic (exact) mass is 278 g/mol. The number of methoxy groups -OCH3 is 1. The second-order valence-electron chi connectivity index (χ2n) is 3.75. The zero-order valence-electron chi connectivity index (χ0n) is 11.3. The lowest BCUT2D eigenvalue weighted by Gasteiger charge is -2.09. The summed E-state index contributed by atoms with van der Waals surface area (Å²) in [5, 5.41) is 0. The third kappa shape index (κ3) is 4.93. The first-order valence-corrected chi connectivity index (χ1v) is 5.69. The molecule has 106 valence electrons. The van der Waals surface area contributed by atoms with Gasteiger partial charge in [-0.3, -0.25) is 9.59 Å². The van der Waals surface area contributed by atoms with Crippen molar-refractivity contribution in [3.8, 4) is 11.5 Å². The number of hydrogen-bond acceptors (Lipinski definition) is 6. The van der Waals surface area contributed by atoms with Crippen molar-refractivity contribution in [3.63, 3.8) is 0 Å². The normalized spacial score (nSPS) is 10.2. The second-order valence-corrected chi connectivity index (χ2v) is 3.75. The molecule has 1 rings (SSSR count). The smallest absolute Gasteiger partial charge is 0.330 e. The number of esters is 3. The molecule has 0 heterocycles. The Morgan fingerprint density at radius 1 is 1.00 bits per heavy atom. The molecule has 0 saturated heterocycles. The molecule has 1 aromatic carbocycles. The Morgan fingerprint density at radius 2 is 1.60 bits per heavy atom. The average Bonchev–Trinajstić information content (AvgIpc) is 2.37. The van der Waals surface area contributed by atoms with Gasteiger partial charge < -0.3 is 14.2 Å². The number of hydrogen-bond donors (Lipinski definition) is 0. The quantitative estimate of drug-likeness (QED) is 0.474. The molecule has 0 bridgehead atoms. The van der Waals surface area contributed by atoms with Crippen LogP contribution in [-0.2, 0) is 19.1 Å². The highest BCUT2D eigenvalue weighted by Crippen LogP contribution is 2.29. The predicted octanol–water partition coefficient (Wildman–Crippen LogP) is 1.72. The van der Waals surface area contributed by atoms with Crippen molar-refractivity contribution in [2.45, 2.75) is 13.8 Å². The Labute approximate surface area is 115 Å². The molecule has 0 aliphatic heterocycles. The van der Waals surface area contributed by atoms with Crippen molar-refractivity contribution < 1.29 is 28.6 Å². The van der Waals surface area contributed by atoms with Gasteiger partial charge in [-0.25, -0.2) is 4.79 Å². The van der Waals surface area contributed by atoms with Gasteiger partial charge in [0.15, 0.2) is 11.5 Å². The maximum Gasteiger partial charge on any atom is 0.330 e. The van der Waals surface area contributed by atoms with Crippen LogP contribution in [0.1, 0.15) is 19.4 Å². The second kappa shape index (κ2) is 7.08. The van der Waals surface area contributed by atoms with Crippen LogP contribution in [0.2, 0.25) is 0 Å². The van der Waals surface area contributed by atoms with E-state index in [1.165, 1.54) is 45.2 Å². The fourth-order valence-corrected chi connectivity index (χ4v) is 1.33. The first-order chi connectivity index (χ1) is 9.42. The summed E-state index contributed by atoms with van der Waals surface area (Å²) in [4.78, 5) is 33.0. The fourth-order valence-electron chi connectivity index (χ4n) is 1.33. The molecular weight excluding hydrogens is 264 g/mol. The standard InChI is InChI=1S/C14H14O6/c1-9(15)19-12-6-4-11(5-7-14(17)18-3)8-13(12)20-10(2)16/h4-8H,1-3H3/b7-5-. The number of rotatable bonds is 4. The lowest BCUT2D eigenvalue weighted by molar-refractivity contribution is -0.135. The van der Waals surface area contributed by atoms with Crippen LogP contribution in [0, 0.1) is 0 Å². The van der Waals surface area contributed by atoms with Crippen molar-refractivity contribution in [1.29, 1.82) is 0 Å². The molecule has 20 heavy (non-hydrogen) atoms. The maximum absolute atomic E-state index is 11.0. The van der Waals surface area contributed by atoms with Gasteiger partial charge in [-0.15, -0.1) is 0 Å². The van der Waals surface area contributed by atoms with E-state index in [1.54, 1.807) is 6.07 Å². The van der Waals surface area contributed by atoms with E-state index in [2.05, 4.69) is 4.74 Å². The van der Waals surface area contributed by atoms with Crippen LogP contribution in [0.3, 0.4) is 0 Å². The minimum absolute atomic E-state index is 0.0970. The number of ether oxygens (including phenoxy) is 3. The number of benzene rings is 1. The molecule has 0 N–H and O–H groups in total. The molecule has 0 spiro atoms. The van der Waals surface area contributed by atoms with Crippen LogP contribution >= 0.6 is 0 Å². The van der Waals surface area contributed by atoms with Gasteiger partial charge in [0.05, 0.1) is 7.11 Å². The van der Waals surface area contributed by atoms with Gasteiger partial charge in [-0.2, -0.15) is 0 Å². The fraction of sp³-hybridized carbons (Fsp3) is 0.214. The Hall–Kier alpha value is -2.63. The van der Waals surface area contributed by atoms with Crippen LogP contribution in [0.4, 0.5) is 0 Å². The molecule has 6 heteroatoms. The average molecular weight is 278 g/mol. The zero-order chi connectivity index (χ0) is 15.1. The summed E-state index contributed by atoms with van der Waals surface area (Å²) in [5.41, 5.74) is 0.586. The third-order valence-corrected chi connectivity index (χ3v) is 2.09. The summed E-state index contributed by atoms with van der Waals surface area (Å²) in [7, 11) is 1.26. The molecule has 0 fully saturated rings. The van der Waals surface area contributed by atoms with E-state index < -0.39 is 17.9 Å². The summed E-state index contributed by atoms with van der Waals surface area (Å²) in [6.45, 7) is 2.47. The SMILES string of the molecule is COC(=O)/C=C\c1ccc(OC(C)=O)c(OC(C)=O)c1. The molecule has 0 aromatic heterocycles. The van der Waals surface area contributed by atoms with E-state index in [-0.39, 0.29) is 11.5 Å². The van der Waals surface area contributed by atoms with Crippen LogP contribution in [0.15, 0.2) is 24.3 Å². The van der Waals surface area contributed by atoms with Crippen molar-refractivity contribution >= 4 is 24.0 Å². The topological polar surface area (TPSA) is 78.9 Å². The van der Waals surface area contributed by atoms with Crippen molar-refractivity contribution in [2.24, 2.45) is 0 Å². The minimum atomic E-state index is -0.549. The highest BCUT2D eigenvalue weighted by molar-refractivity contribution is 5.87. The van der Waals surface area contributed by atoms with Gasteiger partial charge in [-0.1, -0.05) is 6.07 Å². The molecule has 6 nitrogen and oxygen atoms in total. The Bertz CT molecular complexity index is 559. The molecule has 0 aliphatic carbocycles. The van der Waals surface area contributed by atoms with Gasteiger partial charge >= 0.3 is 17.9 Å². The molecule has 0 unspecified atom stereocenters. The van der Waals surface area contributed by atoms with Gasteiger partial charge in [0.1, 0.15) is 0 Å². The summed E-state index contributed by atoms with van der Waals surface area (Å²) in [6.07, 6.45) is 2.70. The zero-order valence-corrected chi connectivity index (χ0v) is 11.3. The number of carbonyl (C=O) groups excluding carboxylic acids is 3. The summed E-state index contributed by atoms with van der Waals surface area (Å²) >= 11 is 0. The van der Waals surface area contributed by atoms with Crippen molar-refractivity contribution in [1.82, 2.24) is 0 Å². The highest BCUT2D eigenvalue weighted by atomic mass is 16.6. The lowest BCUT2D eigenvalue weighted by atomic mass is 10.2. The Balaban J connectivity index is 3.06. The van der Waals surface area contributed by atoms with Gasteiger partial charge in [-0.05, 0) is 23.8 Å². The van der Waals surface area contributed by atoms with Gasteiger partial charge in [0.2, 0.25) is 0 Å². The Kier molecular flexibility index (Phi) is 5.46. The molecule has 0 atom stereocenters. The highest BCUT2D eigenvalue weighted by Gasteiger charge is 2.10. The number of carbonyl (C=O) groups is 3. The van der Waals surface area contributed by atoms with Crippen LogP contribution in [0.5, 0.6) is 11.5 Å². The van der Waals surface area contributed by atoms with Crippen molar-refractivity contribution in [2.75, 3.05) is 7.11 Å². The van der Waals surface area contributed by atoms with Gasteiger partial charge in [0.25, 0.3) is 0 Å². The van der Waals surface area contributed by atoms with Crippen molar-refractivity contribution in [3.05, 3.63) is 29.8 Å². The minimum Gasteiger partial charge on any atom is -0.466 e. The third-order valence-electron chi connectivity index (χ3n) is 2.09. The van der Waals surface area contributed by atoms with Crippen LogP contribution < -0.4 is 9.47 Å². The first kappa shape index (κ1) is 15.4. The van der Waals surface area contributed by atoms with E-state index in [1.807, 2.05) is 0 Å². The molecule has 0 amide bonds. The first-order valence-electron chi connectivity index (χ1n) is 5.69. The molecular formula is C14H14O6. The molecule has 0 aliphatic rings. The van der Waals surface area contributed by atoms with E-state index >= 15 is 0 Å². The predicted molar refractivity (Wildman–Crippen MR) is 70.1 cm³/mol. The maximum atomic E-state index is 11.0. The largest absolute Gasteiger partial charge is 0.466 e. The van der Waals surface area contributed by atoms with Crippen LogP contribution in [0.25, 0.3) is 6.08 Å². The summed E-state index contributed by atoms with van der Waals surface area (Å²) < 4.78 is 14.3. The van der Waals surface area contributed by atoms with E-state index in [4.69, 9.17) is 9.47 Å². The lowest BCUT2D eigenvalue weighted by Crippen LogP contribution is -2.07. The van der Waals surface area contributed by atoms with E-state index in [0.717, 1.165) is 0 Å². The molecule has 0 saturated carbocycles. The Morgan fingerprint density at radius 3 is 2.15 bits per heavy atom. The molecule has 0 radical (unpaired) electrons. The van der Waals surface area contributed by atoms with E-state index in [0.29, 0.717) is 5.56 Å². The van der Waals surface area contributed by atoms with E-state index in [9.17, 15) is 14.4 Å².